The summed E-state index contributed by atoms with van der Waals surface area (Å²) in [7, 11) is 2.19. The van der Waals surface area contributed by atoms with Gasteiger partial charge >= 0.3 is 0 Å². The Morgan fingerprint density at radius 2 is 2.45 bits per heavy atom. The van der Waals surface area contributed by atoms with Crippen molar-refractivity contribution in [3.8, 4) is 0 Å². The number of likely N-dealkylation sites (N-methyl/N-ethyl adjacent to an activating group) is 1. The molecule has 1 atom stereocenters. The van der Waals surface area contributed by atoms with Crippen molar-refractivity contribution in [2.45, 2.75) is 18.9 Å². The lowest BCUT2D eigenvalue weighted by atomic mass is 10.2. The van der Waals surface area contributed by atoms with Gasteiger partial charge in [0.05, 0.1) is 0 Å². The number of hydrogen-bond acceptors (Lipinski definition) is 3. The van der Waals surface area contributed by atoms with Crippen LogP contribution in [0.3, 0.4) is 0 Å². The molecule has 3 N–H and O–H groups in total. The van der Waals surface area contributed by atoms with Crippen molar-refractivity contribution in [3.05, 3.63) is 0 Å². The molecule has 0 amide bonds. The summed E-state index contributed by atoms with van der Waals surface area (Å²) in [6.07, 6.45) is 2.38. The molecule has 1 saturated heterocycles. The van der Waals surface area contributed by atoms with E-state index < -0.39 is 0 Å². The van der Waals surface area contributed by atoms with Crippen LogP contribution in [0.2, 0.25) is 0 Å². The topological polar surface area (TPSA) is 41.3 Å². The first-order chi connectivity index (χ1) is 5.34. The second kappa shape index (κ2) is 4.70. The van der Waals surface area contributed by atoms with Crippen LogP contribution in [0.15, 0.2) is 0 Å². The summed E-state index contributed by atoms with van der Waals surface area (Å²) in [6, 6.07) is 0.655. The first kappa shape index (κ1) is 8.97. The molecule has 66 valence electrons. The van der Waals surface area contributed by atoms with Crippen LogP contribution in [0.1, 0.15) is 12.8 Å². The van der Waals surface area contributed by atoms with E-state index in [1.807, 2.05) is 0 Å². The average molecular weight is 157 g/mol. The zero-order valence-electron chi connectivity index (χ0n) is 7.34. The molecular weight excluding hydrogens is 138 g/mol. The summed E-state index contributed by atoms with van der Waals surface area (Å²) in [5.74, 6) is 0. The minimum Gasteiger partial charge on any atom is -0.330 e. The first-order valence-electron chi connectivity index (χ1n) is 4.45. The zero-order chi connectivity index (χ0) is 8.10. The molecular formula is C8H19N3. The smallest absolute Gasteiger partial charge is 0.0229 e. The minimum atomic E-state index is 0.655. The Labute approximate surface area is 68.9 Å². The van der Waals surface area contributed by atoms with Crippen LogP contribution in [-0.2, 0) is 0 Å². The van der Waals surface area contributed by atoms with Crippen LogP contribution in [0, 0.1) is 0 Å². The first-order valence-corrected chi connectivity index (χ1v) is 4.45. The van der Waals surface area contributed by atoms with Gasteiger partial charge in [0, 0.05) is 12.6 Å². The molecule has 3 nitrogen and oxygen atoms in total. The molecule has 1 fully saturated rings. The van der Waals surface area contributed by atoms with E-state index in [-0.39, 0.29) is 0 Å². The third-order valence-electron chi connectivity index (χ3n) is 2.37. The highest BCUT2D eigenvalue weighted by molar-refractivity contribution is 4.75. The van der Waals surface area contributed by atoms with E-state index in [2.05, 4.69) is 17.3 Å². The Bertz CT molecular complexity index is 106. The Morgan fingerprint density at radius 1 is 1.64 bits per heavy atom. The summed E-state index contributed by atoms with van der Waals surface area (Å²) in [5.41, 5.74) is 5.52. The van der Waals surface area contributed by atoms with E-state index in [0.29, 0.717) is 6.04 Å². The van der Waals surface area contributed by atoms with E-state index in [0.717, 1.165) is 26.1 Å². The second-order valence-electron chi connectivity index (χ2n) is 3.27. The lowest BCUT2D eigenvalue weighted by Gasteiger charge is -2.24. The van der Waals surface area contributed by atoms with Gasteiger partial charge in [-0.1, -0.05) is 0 Å². The number of nitrogens with two attached hydrogens (primary N) is 1. The molecule has 0 spiro atoms. The van der Waals surface area contributed by atoms with Crippen LogP contribution < -0.4 is 11.1 Å². The molecule has 1 unspecified atom stereocenters. The van der Waals surface area contributed by atoms with Crippen molar-refractivity contribution < 1.29 is 0 Å². The highest BCUT2D eigenvalue weighted by Gasteiger charge is 2.15. The van der Waals surface area contributed by atoms with E-state index in [4.69, 9.17) is 5.73 Å². The van der Waals surface area contributed by atoms with Gasteiger partial charge in [-0.25, -0.2) is 0 Å². The van der Waals surface area contributed by atoms with Gasteiger partial charge in [-0.2, -0.15) is 0 Å². The minimum absolute atomic E-state index is 0.655. The van der Waals surface area contributed by atoms with Crippen molar-refractivity contribution >= 4 is 0 Å². The van der Waals surface area contributed by atoms with E-state index in [9.17, 15) is 0 Å². The number of rotatable bonds is 2. The van der Waals surface area contributed by atoms with Crippen molar-refractivity contribution in [1.29, 1.82) is 0 Å². The molecule has 1 rings (SSSR count). The lowest BCUT2D eigenvalue weighted by molar-refractivity contribution is 0.248. The lowest BCUT2D eigenvalue weighted by Crippen LogP contribution is -2.38. The summed E-state index contributed by atoms with van der Waals surface area (Å²) in [5, 5.41) is 3.42. The Kier molecular flexibility index (Phi) is 3.83. The molecule has 1 aliphatic rings. The quantitative estimate of drug-likeness (QED) is 0.574. The van der Waals surface area contributed by atoms with Crippen LogP contribution >= 0.6 is 0 Å². The van der Waals surface area contributed by atoms with Gasteiger partial charge in [-0.05, 0) is 39.5 Å². The van der Waals surface area contributed by atoms with Gasteiger partial charge in [-0.15, -0.1) is 0 Å². The molecule has 0 bridgehead atoms. The SMILES string of the molecule is CN1CCCNCC1CCN. The van der Waals surface area contributed by atoms with Gasteiger partial charge in [0.25, 0.3) is 0 Å². The van der Waals surface area contributed by atoms with Gasteiger partial charge in [0.2, 0.25) is 0 Å². The standard InChI is InChI=1S/C8H19N3/c1-11-6-2-5-10-7-8(11)3-4-9/h8,10H,2-7,9H2,1H3. The fourth-order valence-corrected chi connectivity index (χ4v) is 1.58. The predicted octanol–water partition coefficient (Wildman–Crippen LogP) is -0.371. The monoisotopic (exact) mass is 157 g/mol. The van der Waals surface area contributed by atoms with Crippen LogP contribution in [0.4, 0.5) is 0 Å². The van der Waals surface area contributed by atoms with Gasteiger partial charge < -0.3 is 16.0 Å². The summed E-state index contributed by atoms with van der Waals surface area (Å²) in [6.45, 7) is 4.27. The molecule has 0 aromatic carbocycles. The van der Waals surface area contributed by atoms with Crippen LogP contribution in [-0.4, -0.2) is 44.2 Å². The molecule has 0 saturated carbocycles. The molecule has 1 aliphatic heterocycles. The van der Waals surface area contributed by atoms with Crippen molar-refractivity contribution in [2.24, 2.45) is 5.73 Å². The number of nitrogens with one attached hydrogen (secondary N) is 1. The maximum absolute atomic E-state index is 5.52. The average Bonchev–Trinajstić information content (AvgIpc) is 2.18. The third-order valence-corrected chi connectivity index (χ3v) is 2.37. The molecule has 0 radical (unpaired) electrons. The third kappa shape index (κ3) is 2.77. The second-order valence-corrected chi connectivity index (χ2v) is 3.27. The molecule has 3 heteroatoms. The maximum atomic E-state index is 5.52. The molecule has 11 heavy (non-hydrogen) atoms. The fourth-order valence-electron chi connectivity index (χ4n) is 1.58. The predicted molar refractivity (Wildman–Crippen MR) is 47.6 cm³/mol. The van der Waals surface area contributed by atoms with Crippen LogP contribution in [0.25, 0.3) is 0 Å². The Morgan fingerprint density at radius 3 is 3.18 bits per heavy atom. The van der Waals surface area contributed by atoms with Crippen molar-refractivity contribution in [3.63, 3.8) is 0 Å². The molecule has 0 aromatic heterocycles. The Balaban J connectivity index is 2.32. The highest BCUT2D eigenvalue weighted by atomic mass is 15.2. The zero-order valence-corrected chi connectivity index (χ0v) is 7.34. The number of nitrogens with zero attached hydrogens (tertiary/aromatic N) is 1. The largest absolute Gasteiger partial charge is 0.330 e. The normalized spacial score (nSPS) is 28.4. The number of hydrogen-bond donors (Lipinski definition) is 2. The van der Waals surface area contributed by atoms with Crippen molar-refractivity contribution in [2.75, 3.05) is 33.2 Å². The molecule has 1 heterocycles. The van der Waals surface area contributed by atoms with Crippen molar-refractivity contribution in [1.82, 2.24) is 10.2 Å². The van der Waals surface area contributed by atoms with Gasteiger partial charge in [-0.3, -0.25) is 0 Å². The Hall–Kier alpha value is -0.120. The highest BCUT2D eigenvalue weighted by Crippen LogP contribution is 2.03. The summed E-state index contributed by atoms with van der Waals surface area (Å²) >= 11 is 0. The fraction of sp³-hybridized carbons (Fsp3) is 1.00. The molecule has 0 aliphatic carbocycles. The summed E-state index contributed by atoms with van der Waals surface area (Å²) < 4.78 is 0. The van der Waals surface area contributed by atoms with Gasteiger partial charge in [0.1, 0.15) is 0 Å². The van der Waals surface area contributed by atoms with Gasteiger partial charge in [0.15, 0.2) is 0 Å². The van der Waals surface area contributed by atoms with E-state index in [1.54, 1.807) is 0 Å². The van der Waals surface area contributed by atoms with Crippen LogP contribution in [0.5, 0.6) is 0 Å². The maximum Gasteiger partial charge on any atom is 0.0229 e. The molecule has 0 aromatic rings. The van der Waals surface area contributed by atoms with E-state index in [1.165, 1.54) is 13.0 Å². The van der Waals surface area contributed by atoms with E-state index >= 15 is 0 Å². The summed E-state index contributed by atoms with van der Waals surface area (Å²) in [4.78, 5) is 2.41.